The maximum atomic E-state index is 11.7. The van der Waals surface area contributed by atoms with E-state index in [1.54, 1.807) is 6.07 Å². The van der Waals surface area contributed by atoms with Gasteiger partial charge in [0.2, 0.25) is 0 Å². The summed E-state index contributed by atoms with van der Waals surface area (Å²) in [4.78, 5) is 22.4. The number of ether oxygens (including phenoxy) is 1. The summed E-state index contributed by atoms with van der Waals surface area (Å²) in [6, 6.07) is 3.64. The molecule has 1 N–H and O–H groups in total. The highest BCUT2D eigenvalue weighted by atomic mass is 16.5. The number of hydrogen-bond donors (Lipinski definition) is 1. The lowest BCUT2D eigenvalue weighted by Crippen LogP contribution is -2.28. The van der Waals surface area contributed by atoms with E-state index in [4.69, 9.17) is 15.1 Å². The molecule has 0 aliphatic rings. The Labute approximate surface area is 91.3 Å². The average Bonchev–Trinajstić information content (AvgIpc) is 2.26. The topological polar surface area (TPSA) is 92.3 Å². The molecule has 0 aliphatic heterocycles. The van der Waals surface area contributed by atoms with E-state index in [-0.39, 0.29) is 12.4 Å². The number of aromatic nitrogens is 1. The summed E-state index contributed by atoms with van der Waals surface area (Å²) in [7, 11) is 0. The first-order valence-corrected chi connectivity index (χ1v) is 4.51. The minimum atomic E-state index is -1.11. The number of carboxylic acid groups (broad SMARTS) is 1. The van der Waals surface area contributed by atoms with Crippen LogP contribution in [0.15, 0.2) is 23.1 Å². The van der Waals surface area contributed by atoms with Crippen molar-refractivity contribution in [2.75, 3.05) is 6.61 Å². The van der Waals surface area contributed by atoms with Gasteiger partial charge in [0.25, 0.3) is 5.56 Å². The number of pyridine rings is 1. The second-order valence-electron chi connectivity index (χ2n) is 3.05. The van der Waals surface area contributed by atoms with Crippen LogP contribution in [0.5, 0.6) is 5.75 Å². The van der Waals surface area contributed by atoms with E-state index in [1.807, 2.05) is 0 Å². The van der Waals surface area contributed by atoms with Gasteiger partial charge in [-0.3, -0.25) is 9.36 Å². The van der Waals surface area contributed by atoms with Crippen molar-refractivity contribution in [2.45, 2.75) is 13.0 Å². The number of rotatable bonds is 4. The smallest absolute Gasteiger partial charge is 0.326 e. The number of carbonyl (C=O) groups is 1. The molecule has 1 rings (SSSR count). The highest BCUT2D eigenvalue weighted by Gasteiger charge is 2.15. The maximum Gasteiger partial charge on any atom is 0.326 e. The zero-order valence-electron chi connectivity index (χ0n) is 8.58. The number of aliphatic carboxylic acids is 1. The van der Waals surface area contributed by atoms with Crippen molar-refractivity contribution in [2.24, 2.45) is 0 Å². The van der Waals surface area contributed by atoms with Crippen LogP contribution in [0.25, 0.3) is 0 Å². The van der Waals surface area contributed by atoms with Gasteiger partial charge in [-0.25, -0.2) is 4.79 Å². The Morgan fingerprint density at radius 3 is 3.00 bits per heavy atom. The zero-order chi connectivity index (χ0) is 12.1. The lowest BCUT2D eigenvalue weighted by molar-refractivity contribution is -0.140. The molecule has 1 aromatic heterocycles. The third-order valence-corrected chi connectivity index (χ3v) is 2.01. The van der Waals surface area contributed by atoms with E-state index in [1.165, 1.54) is 25.3 Å². The lowest BCUT2D eigenvalue weighted by atomic mass is 10.3. The first kappa shape index (κ1) is 11.8. The van der Waals surface area contributed by atoms with Gasteiger partial charge in [-0.15, -0.1) is 0 Å². The molecule has 16 heavy (non-hydrogen) atoms. The molecule has 0 radical (unpaired) electrons. The van der Waals surface area contributed by atoms with Crippen LogP contribution in [0.1, 0.15) is 13.0 Å². The molecule has 0 aliphatic carbocycles. The molecule has 6 heteroatoms. The molecule has 0 amide bonds. The van der Waals surface area contributed by atoms with Crippen LogP contribution in [-0.2, 0) is 4.79 Å². The van der Waals surface area contributed by atoms with Crippen LogP contribution in [0, 0.1) is 11.3 Å². The van der Waals surface area contributed by atoms with Gasteiger partial charge in [0, 0.05) is 6.20 Å². The molecule has 0 saturated heterocycles. The van der Waals surface area contributed by atoms with Gasteiger partial charge >= 0.3 is 5.97 Å². The summed E-state index contributed by atoms with van der Waals surface area (Å²) in [5.74, 6) is -1.14. The van der Waals surface area contributed by atoms with E-state index >= 15 is 0 Å². The fourth-order valence-electron chi connectivity index (χ4n) is 1.13. The average molecular weight is 222 g/mol. The largest absolute Gasteiger partial charge is 0.480 e. The van der Waals surface area contributed by atoms with Crippen molar-refractivity contribution in [1.82, 2.24) is 4.57 Å². The second kappa shape index (κ2) is 4.98. The van der Waals surface area contributed by atoms with Gasteiger partial charge in [-0.2, -0.15) is 5.26 Å². The van der Waals surface area contributed by atoms with Crippen LogP contribution >= 0.6 is 0 Å². The van der Waals surface area contributed by atoms with Gasteiger partial charge in [-0.1, -0.05) is 0 Å². The molecule has 1 atom stereocenters. The molecule has 0 aromatic carbocycles. The van der Waals surface area contributed by atoms with E-state index < -0.39 is 17.6 Å². The van der Waals surface area contributed by atoms with Gasteiger partial charge in [0.05, 0.1) is 0 Å². The monoisotopic (exact) mass is 222 g/mol. The number of nitriles is 1. The third-order valence-electron chi connectivity index (χ3n) is 2.01. The summed E-state index contributed by atoms with van der Waals surface area (Å²) in [6.07, 6.45) is 1.36. The first-order valence-electron chi connectivity index (χ1n) is 4.51. The maximum absolute atomic E-state index is 11.7. The first-order chi connectivity index (χ1) is 7.57. The standard InChI is InChI=1S/C10H10N2O4/c1-7(10(14)15)12-5-2-3-8(9(12)13)16-6-4-11/h2-3,5,7H,6H2,1H3,(H,14,15). The van der Waals surface area contributed by atoms with Crippen LogP contribution in [0.2, 0.25) is 0 Å². The molecule has 1 aromatic rings. The molecular weight excluding hydrogens is 212 g/mol. The van der Waals surface area contributed by atoms with Crippen LogP contribution in [-0.4, -0.2) is 22.2 Å². The van der Waals surface area contributed by atoms with Crippen molar-refractivity contribution >= 4 is 5.97 Å². The molecule has 0 fully saturated rings. The predicted octanol–water partition coefficient (Wildman–Crippen LogP) is 0.396. The Bertz CT molecular complexity index is 486. The Morgan fingerprint density at radius 1 is 1.75 bits per heavy atom. The minimum absolute atomic E-state index is 0.0304. The SMILES string of the molecule is CC(C(=O)O)n1cccc(OCC#N)c1=O. The summed E-state index contributed by atoms with van der Waals surface area (Å²) < 4.78 is 5.91. The quantitative estimate of drug-likeness (QED) is 0.795. The molecule has 0 bridgehead atoms. The number of hydrogen-bond acceptors (Lipinski definition) is 4. The van der Waals surface area contributed by atoms with Gasteiger partial charge in [0.15, 0.2) is 12.4 Å². The van der Waals surface area contributed by atoms with E-state index in [9.17, 15) is 9.59 Å². The van der Waals surface area contributed by atoms with Crippen molar-refractivity contribution in [3.8, 4) is 11.8 Å². The molecule has 1 heterocycles. The summed E-state index contributed by atoms with van der Waals surface area (Å²) in [5.41, 5.74) is -0.562. The highest BCUT2D eigenvalue weighted by molar-refractivity contribution is 5.71. The Hall–Kier alpha value is -2.29. The molecule has 84 valence electrons. The summed E-state index contributed by atoms with van der Waals surface area (Å²) >= 11 is 0. The van der Waals surface area contributed by atoms with Crippen LogP contribution < -0.4 is 10.3 Å². The van der Waals surface area contributed by atoms with Crippen LogP contribution in [0.3, 0.4) is 0 Å². The van der Waals surface area contributed by atoms with E-state index in [0.29, 0.717) is 0 Å². The van der Waals surface area contributed by atoms with Crippen molar-refractivity contribution in [1.29, 1.82) is 5.26 Å². The van der Waals surface area contributed by atoms with Crippen molar-refractivity contribution in [3.63, 3.8) is 0 Å². The van der Waals surface area contributed by atoms with Gasteiger partial charge in [0.1, 0.15) is 12.1 Å². The minimum Gasteiger partial charge on any atom is -0.480 e. The molecule has 6 nitrogen and oxygen atoms in total. The second-order valence-corrected chi connectivity index (χ2v) is 3.05. The molecular formula is C10H10N2O4. The molecule has 0 spiro atoms. The third kappa shape index (κ3) is 2.39. The van der Waals surface area contributed by atoms with Crippen molar-refractivity contribution in [3.05, 3.63) is 28.7 Å². The highest BCUT2D eigenvalue weighted by Crippen LogP contribution is 2.07. The van der Waals surface area contributed by atoms with Gasteiger partial charge < -0.3 is 9.84 Å². The lowest BCUT2D eigenvalue weighted by Gasteiger charge is -2.11. The summed E-state index contributed by atoms with van der Waals surface area (Å²) in [6.45, 7) is 1.14. The number of carboxylic acids is 1. The molecule has 1 unspecified atom stereocenters. The molecule has 0 saturated carbocycles. The van der Waals surface area contributed by atoms with E-state index in [0.717, 1.165) is 4.57 Å². The Balaban J connectivity index is 3.10. The summed E-state index contributed by atoms with van der Waals surface area (Å²) in [5, 5.41) is 17.1. The number of nitrogens with zero attached hydrogens (tertiary/aromatic N) is 2. The Kier molecular flexibility index (Phi) is 3.67. The normalized spacial score (nSPS) is 11.5. The van der Waals surface area contributed by atoms with Crippen LogP contribution in [0.4, 0.5) is 0 Å². The van der Waals surface area contributed by atoms with Crippen molar-refractivity contribution < 1.29 is 14.6 Å². The van der Waals surface area contributed by atoms with Gasteiger partial charge in [-0.05, 0) is 19.1 Å². The van der Waals surface area contributed by atoms with E-state index in [2.05, 4.69) is 0 Å². The fourth-order valence-corrected chi connectivity index (χ4v) is 1.13. The Morgan fingerprint density at radius 2 is 2.44 bits per heavy atom. The fraction of sp³-hybridized carbons (Fsp3) is 0.300. The predicted molar refractivity (Wildman–Crippen MR) is 54.2 cm³/mol. The zero-order valence-corrected chi connectivity index (χ0v) is 8.58.